The van der Waals surface area contributed by atoms with E-state index in [1.165, 1.54) is 5.56 Å². The molecule has 3 aromatic rings. The molecule has 0 radical (unpaired) electrons. The average Bonchev–Trinajstić information content (AvgIpc) is 2.67. The minimum absolute atomic E-state index is 0.297. The van der Waals surface area contributed by atoms with E-state index in [1.807, 2.05) is 91.0 Å². The van der Waals surface area contributed by atoms with Crippen molar-refractivity contribution in [3.8, 4) is 0 Å². The van der Waals surface area contributed by atoms with Crippen molar-refractivity contribution >= 4 is 23.9 Å². The normalized spacial score (nSPS) is 12.5. The second-order valence-electron chi connectivity index (χ2n) is 5.99. The van der Waals surface area contributed by atoms with Crippen LogP contribution in [0.15, 0.2) is 90.1 Å². The molecule has 130 valence electrons. The number of nitrogens with zero attached hydrogens (tertiary/aromatic N) is 1. The highest BCUT2D eigenvalue weighted by molar-refractivity contribution is 6.30. The molecular weight excluding hydrogens is 342 g/mol. The molecule has 0 aliphatic carbocycles. The Hall–Kier alpha value is -2.84. The molecule has 26 heavy (non-hydrogen) atoms. The molecule has 0 aliphatic rings. The lowest BCUT2D eigenvalue weighted by Crippen LogP contribution is -1.98. The summed E-state index contributed by atoms with van der Waals surface area (Å²) in [7, 11) is 0. The van der Waals surface area contributed by atoms with Crippen molar-refractivity contribution in [3.63, 3.8) is 0 Å². The molecule has 0 bridgehead atoms. The van der Waals surface area contributed by atoms with Crippen molar-refractivity contribution in [2.24, 2.45) is 5.16 Å². The molecule has 1 atom stereocenters. The number of oxime groups is 1. The van der Waals surface area contributed by atoms with Gasteiger partial charge in [-0.05, 0) is 41.8 Å². The smallest absolute Gasteiger partial charge is 0.171 e. The Kier molecular flexibility index (Phi) is 6.24. The third-order valence-electron chi connectivity index (χ3n) is 3.92. The standard InChI is InChI=1S/C23H20ClNO/c1-18-7-9-20(10-8-18)17-25-26-23(21-12-14-22(24)15-13-21)16-11-19-5-3-2-4-6-19/h2-17,23H,1H3/b16-11+,25-17+. The molecule has 0 N–H and O–H groups in total. The van der Waals surface area contributed by atoms with Gasteiger partial charge in [-0.2, -0.15) is 0 Å². The van der Waals surface area contributed by atoms with Crippen LogP contribution in [0, 0.1) is 6.92 Å². The van der Waals surface area contributed by atoms with Crippen LogP contribution in [0.4, 0.5) is 0 Å². The van der Waals surface area contributed by atoms with E-state index in [-0.39, 0.29) is 6.10 Å². The lowest BCUT2D eigenvalue weighted by molar-refractivity contribution is 0.0948. The molecule has 0 aromatic heterocycles. The SMILES string of the molecule is Cc1ccc(/C=N/OC(/C=C/c2ccccc2)c2ccc(Cl)cc2)cc1. The summed E-state index contributed by atoms with van der Waals surface area (Å²) in [6, 6.07) is 25.8. The molecule has 0 aliphatic heterocycles. The quantitative estimate of drug-likeness (QED) is 0.365. The second kappa shape index (κ2) is 9.02. The van der Waals surface area contributed by atoms with E-state index >= 15 is 0 Å². The lowest BCUT2D eigenvalue weighted by atomic mass is 10.1. The first-order valence-corrected chi connectivity index (χ1v) is 8.83. The fourth-order valence-electron chi connectivity index (χ4n) is 2.43. The van der Waals surface area contributed by atoms with E-state index in [0.29, 0.717) is 5.02 Å². The van der Waals surface area contributed by atoms with Crippen molar-refractivity contribution in [3.05, 3.63) is 112 Å². The lowest BCUT2D eigenvalue weighted by Gasteiger charge is -2.11. The molecular formula is C23H20ClNO. The number of hydrogen-bond acceptors (Lipinski definition) is 2. The molecule has 0 spiro atoms. The Morgan fingerprint density at radius 3 is 2.23 bits per heavy atom. The summed E-state index contributed by atoms with van der Waals surface area (Å²) in [4.78, 5) is 5.76. The largest absolute Gasteiger partial charge is 0.383 e. The summed E-state index contributed by atoms with van der Waals surface area (Å²) in [6.07, 6.45) is 5.44. The first-order chi connectivity index (χ1) is 12.7. The zero-order chi connectivity index (χ0) is 18.2. The number of benzene rings is 3. The van der Waals surface area contributed by atoms with Gasteiger partial charge < -0.3 is 4.84 Å². The van der Waals surface area contributed by atoms with Crippen molar-refractivity contribution in [1.29, 1.82) is 0 Å². The average molecular weight is 362 g/mol. The predicted molar refractivity (Wildman–Crippen MR) is 110 cm³/mol. The van der Waals surface area contributed by atoms with Crippen LogP contribution in [0.2, 0.25) is 5.02 Å². The zero-order valence-electron chi connectivity index (χ0n) is 14.5. The maximum Gasteiger partial charge on any atom is 0.171 e. The van der Waals surface area contributed by atoms with Crippen molar-refractivity contribution in [2.75, 3.05) is 0 Å². The number of halogens is 1. The van der Waals surface area contributed by atoms with Gasteiger partial charge in [0.1, 0.15) is 0 Å². The fourth-order valence-corrected chi connectivity index (χ4v) is 2.56. The Morgan fingerprint density at radius 1 is 0.846 bits per heavy atom. The second-order valence-corrected chi connectivity index (χ2v) is 6.43. The van der Waals surface area contributed by atoms with E-state index in [1.54, 1.807) is 6.21 Å². The first kappa shape index (κ1) is 18.0. The van der Waals surface area contributed by atoms with E-state index < -0.39 is 0 Å². The van der Waals surface area contributed by atoms with Crippen molar-refractivity contribution in [1.82, 2.24) is 0 Å². The van der Waals surface area contributed by atoms with Crippen LogP contribution in [-0.4, -0.2) is 6.21 Å². The summed E-state index contributed by atoms with van der Waals surface area (Å²) in [5.41, 5.74) is 4.31. The Balaban J connectivity index is 1.77. The molecule has 0 amide bonds. The molecule has 0 fully saturated rings. The van der Waals surface area contributed by atoms with E-state index in [9.17, 15) is 0 Å². The van der Waals surface area contributed by atoms with Crippen LogP contribution >= 0.6 is 11.6 Å². The molecule has 2 nitrogen and oxygen atoms in total. The third kappa shape index (κ3) is 5.33. The highest BCUT2D eigenvalue weighted by atomic mass is 35.5. The number of rotatable bonds is 6. The van der Waals surface area contributed by atoms with Gasteiger partial charge in [0, 0.05) is 5.02 Å². The van der Waals surface area contributed by atoms with Gasteiger partial charge in [0.15, 0.2) is 6.10 Å². The van der Waals surface area contributed by atoms with Crippen LogP contribution in [0.1, 0.15) is 28.4 Å². The van der Waals surface area contributed by atoms with Crippen LogP contribution < -0.4 is 0 Å². The topological polar surface area (TPSA) is 21.6 Å². The molecule has 0 saturated heterocycles. The van der Waals surface area contributed by atoms with E-state index in [0.717, 1.165) is 16.7 Å². The van der Waals surface area contributed by atoms with E-state index in [2.05, 4.69) is 12.1 Å². The monoisotopic (exact) mass is 361 g/mol. The summed E-state index contributed by atoms with van der Waals surface area (Å²) >= 11 is 6.00. The van der Waals surface area contributed by atoms with Gasteiger partial charge >= 0.3 is 0 Å². The van der Waals surface area contributed by atoms with Crippen molar-refractivity contribution in [2.45, 2.75) is 13.0 Å². The Morgan fingerprint density at radius 2 is 1.54 bits per heavy atom. The van der Waals surface area contributed by atoms with Crippen LogP contribution in [0.3, 0.4) is 0 Å². The van der Waals surface area contributed by atoms with Gasteiger partial charge in [-0.3, -0.25) is 0 Å². The minimum Gasteiger partial charge on any atom is -0.383 e. The molecule has 3 rings (SSSR count). The van der Waals surface area contributed by atoms with Gasteiger partial charge in [0.05, 0.1) is 6.21 Å². The molecule has 3 aromatic carbocycles. The molecule has 0 saturated carbocycles. The molecule has 3 heteroatoms. The zero-order valence-corrected chi connectivity index (χ0v) is 15.3. The van der Waals surface area contributed by atoms with E-state index in [4.69, 9.17) is 16.4 Å². The maximum absolute atomic E-state index is 6.00. The number of aryl methyl sites for hydroxylation is 1. The first-order valence-electron chi connectivity index (χ1n) is 8.45. The summed E-state index contributed by atoms with van der Waals surface area (Å²) in [6.45, 7) is 2.06. The van der Waals surface area contributed by atoms with Gasteiger partial charge in [-0.25, -0.2) is 0 Å². The van der Waals surface area contributed by atoms with Crippen LogP contribution in [0.25, 0.3) is 6.08 Å². The Bertz CT molecular complexity index is 868. The summed E-state index contributed by atoms with van der Waals surface area (Å²) in [5.74, 6) is 0. The van der Waals surface area contributed by atoms with Gasteiger partial charge in [-0.15, -0.1) is 0 Å². The van der Waals surface area contributed by atoms with Crippen molar-refractivity contribution < 1.29 is 4.84 Å². The fraction of sp³-hybridized carbons (Fsp3) is 0.0870. The maximum atomic E-state index is 6.00. The Labute approximate surface area is 159 Å². The van der Waals surface area contributed by atoms with Crippen LogP contribution in [0.5, 0.6) is 0 Å². The summed E-state index contributed by atoms with van der Waals surface area (Å²) < 4.78 is 0. The highest BCUT2D eigenvalue weighted by Gasteiger charge is 2.09. The molecule has 0 heterocycles. The van der Waals surface area contributed by atoms with Gasteiger partial charge in [-0.1, -0.05) is 95.1 Å². The van der Waals surface area contributed by atoms with Gasteiger partial charge in [0.25, 0.3) is 0 Å². The third-order valence-corrected chi connectivity index (χ3v) is 4.17. The predicted octanol–water partition coefficient (Wildman–Crippen LogP) is 6.45. The highest BCUT2D eigenvalue weighted by Crippen LogP contribution is 2.22. The minimum atomic E-state index is -0.297. The van der Waals surface area contributed by atoms with Gasteiger partial charge in [0.2, 0.25) is 0 Å². The summed E-state index contributed by atoms with van der Waals surface area (Å²) in [5, 5.41) is 4.87. The molecule has 1 unspecified atom stereocenters. The number of hydrogen-bond donors (Lipinski definition) is 0. The van der Waals surface area contributed by atoms with Crippen LogP contribution in [-0.2, 0) is 4.84 Å².